The van der Waals surface area contributed by atoms with Gasteiger partial charge in [-0.2, -0.15) is 0 Å². The lowest BCUT2D eigenvalue weighted by atomic mass is 10.0. The average Bonchev–Trinajstić information content (AvgIpc) is 2.83. The fourth-order valence-corrected chi connectivity index (χ4v) is 4.07. The van der Waals surface area contributed by atoms with Gasteiger partial charge in [-0.1, -0.05) is 18.2 Å². The Balaban J connectivity index is 1.46. The first-order chi connectivity index (χ1) is 15.6. The first-order valence-electron chi connectivity index (χ1n) is 11.5. The van der Waals surface area contributed by atoms with Gasteiger partial charge in [0, 0.05) is 43.7 Å². The molecule has 2 heterocycles. The molecule has 1 aromatic heterocycles. The standard InChI is InChI=1S/C26H32N4O2/c1-3-32-21-11-9-20(10-12-21)25-19-23(22-7-4-5-8-24(22)28-25)26(31)27-13-6-14-30-17-15-29(2)16-18-30/h4-5,7-12,19H,3,6,13-18H2,1-2H3,(H,27,31). The van der Waals surface area contributed by atoms with Gasteiger partial charge in [-0.3, -0.25) is 4.79 Å². The summed E-state index contributed by atoms with van der Waals surface area (Å²) in [7, 11) is 2.16. The van der Waals surface area contributed by atoms with Crippen LogP contribution in [-0.4, -0.2) is 73.6 Å². The van der Waals surface area contributed by atoms with Gasteiger partial charge in [0.2, 0.25) is 0 Å². The van der Waals surface area contributed by atoms with Crippen molar-refractivity contribution < 1.29 is 9.53 Å². The normalized spacial score (nSPS) is 15.1. The maximum absolute atomic E-state index is 13.1. The first-order valence-corrected chi connectivity index (χ1v) is 11.5. The van der Waals surface area contributed by atoms with Gasteiger partial charge in [0.25, 0.3) is 5.91 Å². The largest absolute Gasteiger partial charge is 0.494 e. The smallest absolute Gasteiger partial charge is 0.252 e. The van der Waals surface area contributed by atoms with E-state index < -0.39 is 0 Å². The number of hydrogen-bond donors (Lipinski definition) is 1. The number of para-hydroxylation sites is 1. The minimum atomic E-state index is -0.0471. The van der Waals surface area contributed by atoms with E-state index in [1.54, 1.807) is 0 Å². The Morgan fingerprint density at radius 2 is 1.81 bits per heavy atom. The highest BCUT2D eigenvalue weighted by Crippen LogP contribution is 2.26. The summed E-state index contributed by atoms with van der Waals surface area (Å²) in [4.78, 5) is 22.7. The Kier molecular flexibility index (Phi) is 7.35. The predicted octanol–water partition coefficient (Wildman–Crippen LogP) is 3.67. The molecule has 0 atom stereocenters. The van der Waals surface area contributed by atoms with E-state index in [2.05, 4.69) is 22.2 Å². The van der Waals surface area contributed by atoms with Crippen LogP contribution >= 0.6 is 0 Å². The highest BCUT2D eigenvalue weighted by Gasteiger charge is 2.15. The monoisotopic (exact) mass is 432 g/mol. The summed E-state index contributed by atoms with van der Waals surface area (Å²) in [6.45, 7) is 8.72. The van der Waals surface area contributed by atoms with Crippen LogP contribution in [-0.2, 0) is 0 Å². The highest BCUT2D eigenvalue weighted by atomic mass is 16.5. The Morgan fingerprint density at radius 1 is 1.06 bits per heavy atom. The molecule has 0 aliphatic carbocycles. The fraction of sp³-hybridized carbons (Fsp3) is 0.385. The number of aromatic nitrogens is 1. The van der Waals surface area contributed by atoms with Crippen LogP contribution in [0.1, 0.15) is 23.7 Å². The fourth-order valence-electron chi connectivity index (χ4n) is 4.07. The van der Waals surface area contributed by atoms with Gasteiger partial charge in [0.1, 0.15) is 5.75 Å². The molecule has 4 rings (SSSR count). The number of nitrogens with zero attached hydrogens (tertiary/aromatic N) is 3. The lowest BCUT2D eigenvalue weighted by molar-refractivity contribution is 0.0951. The van der Waals surface area contributed by atoms with Crippen LogP contribution in [0.3, 0.4) is 0 Å². The zero-order valence-corrected chi connectivity index (χ0v) is 19.0. The number of fused-ring (bicyclic) bond motifs is 1. The molecule has 1 amide bonds. The molecule has 1 aliphatic rings. The lowest BCUT2D eigenvalue weighted by Gasteiger charge is -2.32. The van der Waals surface area contributed by atoms with E-state index in [0.717, 1.165) is 67.1 Å². The van der Waals surface area contributed by atoms with Crippen molar-refractivity contribution in [1.82, 2.24) is 20.1 Å². The van der Waals surface area contributed by atoms with E-state index >= 15 is 0 Å². The van der Waals surface area contributed by atoms with Crippen LogP contribution in [0.15, 0.2) is 54.6 Å². The summed E-state index contributed by atoms with van der Waals surface area (Å²) in [5.74, 6) is 0.782. The Hall–Kier alpha value is -2.96. The van der Waals surface area contributed by atoms with Gasteiger partial charge < -0.3 is 19.9 Å². The number of carbonyl (C=O) groups excluding carboxylic acids is 1. The highest BCUT2D eigenvalue weighted by molar-refractivity contribution is 6.07. The molecule has 0 bridgehead atoms. The third-order valence-electron chi connectivity index (χ3n) is 5.95. The molecule has 1 N–H and O–H groups in total. The number of amides is 1. The van der Waals surface area contributed by atoms with Crippen molar-refractivity contribution in [2.45, 2.75) is 13.3 Å². The number of hydrogen-bond acceptors (Lipinski definition) is 5. The summed E-state index contributed by atoms with van der Waals surface area (Å²) >= 11 is 0. The number of carbonyl (C=O) groups is 1. The molecule has 1 fully saturated rings. The van der Waals surface area contributed by atoms with E-state index in [1.807, 2.05) is 61.5 Å². The molecule has 6 heteroatoms. The maximum atomic E-state index is 13.1. The topological polar surface area (TPSA) is 57.7 Å². The van der Waals surface area contributed by atoms with Crippen LogP contribution in [0.25, 0.3) is 22.2 Å². The minimum absolute atomic E-state index is 0.0471. The molecular weight excluding hydrogens is 400 g/mol. The number of ether oxygens (including phenoxy) is 1. The van der Waals surface area contributed by atoms with Crippen molar-refractivity contribution in [1.29, 1.82) is 0 Å². The first kappa shape index (κ1) is 22.2. The van der Waals surface area contributed by atoms with Crippen LogP contribution < -0.4 is 10.1 Å². The third-order valence-corrected chi connectivity index (χ3v) is 5.95. The van der Waals surface area contributed by atoms with Crippen molar-refractivity contribution in [3.05, 3.63) is 60.2 Å². The number of benzene rings is 2. The molecule has 6 nitrogen and oxygen atoms in total. The number of pyridine rings is 1. The molecular formula is C26H32N4O2. The summed E-state index contributed by atoms with van der Waals surface area (Å²) in [6, 6.07) is 17.6. The average molecular weight is 433 g/mol. The summed E-state index contributed by atoms with van der Waals surface area (Å²) in [6.07, 6.45) is 0.949. The van der Waals surface area contributed by atoms with Crippen LogP contribution in [0, 0.1) is 0 Å². The molecule has 0 radical (unpaired) electrons. The van der Waals surface area contributed by atoms with Gasteiger partial charge >= 0.3 is 0 Å². The Bertz CT molecular complexity index is 1040. The second-order valence-electron chi connectivity index (χ2n) is 8.28. The predicted molar refractivity (Wildman–Crippen MR) is 129 cm³/mol. The molecule has 1 saturated heterocycles. The van der Waals surface area contributed by atoms with Gasteiger partial charge in [-0.05, 0) is 63.3 Å². The van der Waals surface area contributed by atoms with E-state index in [-0.39, 0.29) is 5.91 Å². The third kappa shape index (κ3) is 5.44. The van der Waals surface area contributed by atoms with Crippen molar-refractivity contribution in [2.75, 3.05) is 52.9 Å². The van der Waals surface area contributed by atoms with Crippen LogP contribution in [0.2, 0.25) is 0 Å². The molecule has 168 valence electrons. The van der Waals surface area contributed by atoms with E-state index in [9.17, 15) is 4.79 Å². The zero-order valence-electron chi connectivity index (χ0n) is 19.0. The molecule has 2 aromatic carbocycles. The van der Waals surface area contributed by atoms with E-state index in [4.69, 9.17) is 9.72 Å². The van der Waals surface area contributed by atoms with Crippen molar-refractivity contribution in [3.8, 4) is 17.0 Å². The number of likely N-dealkylation sites (N-methyl/N-ethyl adjacent to an activating group) is 1. The van der Waals surface area contributed by atoms with Crippen molar-refractivity contribution in [3.63, 3.8) is 0 Å². The number of rotatable bonds is 8. The van der Waals surface area contributed by atoms with Gasteiger partial charge in [-0.25, -0.2) is 4.98 Å². The molecule has 32 heavy (non-hydrogen) atoms. The van der Waals surface area contributed by atoms with Crippen LogP contribution in [0.5, 0.6) is 5.75 Å². The number of piperazine rings is 1. The maximum Gasteiger partial charge on any atom is 0.252 e. The SMILES string of the molecule is CCOc1ccc(-c2cc(C(=O)NCCCN3CCN(C)CC3)c3ccccc3n2)cc1. The molecule has 0 spiro atoms. The number of nitrogens with one attached hydrogen (secondary N) is 1. The minimum Gasteiger partial charge on any atom is -0.494 e. The summed E-state index contributed by atoms with van der Waals surface area (Å²) in [5.41, 5.74) is 3.23. The zero-order chi connectivity index (χ0) is 22.3. The Labute approximate surface area is 190 Å². The Morgan fingerprint density at radius 3 is 2.56 bits per heavy atom. The van der Waals surface area contributed by atoms with Gasteiger partial charge in [-0.15, -0.1) is 0 Å². The lowest BCUT2D eigenvalue weighted by Crippen LogP contribution is -2.45. The summed E-state index contributed by atoms with van der Waals surface area (Å²) < 4.78 is 5.54. The van der Waals surface area contributed by atoms with Crippen LogP contribution in [0.4, 0.5) is 0 Å². The molecule has 0 saturated carbocycles. The quantitative estimate of drug-likeness (QED) is 0.551. The summed E-state index contributed by atoms with van der Waals surface area (Å²) in [5, 5.41) is 3.99. The second kappa shape index (κ2) is 10.6. The molecule has 0 unspecified atom stereocenters. The van der Waals surface area contributed by atoms with E-state index in [0.29, 0.717) is 18.7 Å². The molecule has 1 aliphatic heterocycles. The van der Waals surface area contributed by atoms with Gasteiger partial charge in [0.15, 0.2) is 0 Å². The van der Waals surface area contributed by atoms with E-state index in [1.165, 1.54) is 0 Å². The van der Waals surface area contributed by atoms with Gasteiger partial charge in [0.05, 0.1) is 23.4 Å². The van der Waals surface area contributed by atoms with Crippen molar-refractivity contribution in [2.24, 2.45) is 0 Å². The second-order valence-corrected chi connectivity index (χ2v) is 8.28. The van der Waals surface area contributed by atoms with Crippen molar-refractivity contribution >= 4 is 16.8 Å². The molecule has 3 aromatic rings.